The second-order valence-electron chi connectivity index (χ2n) is 6.01. The van der Waals surface area contributed by atoms with E-state index < -0.39 is 4.92 Å². The Bertz CT molecular complexity index is 922. The second kappa shape index (κ2) is 8.30. The Kier molecular flexibility index (Phi) is 5.64. The van der Waals surface area contributed by atoms with Gasteiger partial charge in [-0.2, -0.15) is 5.10 Å². The number of fused-ring (bicyclic) bond motifs is 1. The molecule has 2 aromatic carbocycles. The van der Waals surface area contributed by atoms with E-state index in [2.05, 4.69) is 10.5 Å². The van der Waals surface area contributed by atoms with Gasteiger partial charge in [-0.05, 0) is 37.1 Å². The van der Waals surface area contributed by atoms with E-state index in [1.807, 2.05) is 0 Å². The normalized spacial score (nSPS) is 13.1. The standard InChI is InChI=1S/C19H18N4O5/c1-28-13-8-9-16(17(12-13)23(26)27)21-20-10-4-5-11-22-18(24)14-6-2-3-7-15(14)19(22)25/h2-3,6-10,12,21H,4-5,11H2,1H3/b20-10+. The minimum atomic E-state index is -0.525. The molecule has 1 N–H and O–H groups in total. The third-order valence-electron chi connectivity index (χ3n) is 4.27. The molecule has 3 rings (SSSR count). The maximum Gasteiger partial charge on any atom is 0.297 e. The van der Waals surface area contributed by atoms with Gasteiger partial charge in [-0.3, -0.25) is 30.0 Å². The summed E-state index contributed by atoms with van der Waals surface area (Å²) in [5.41, 5.74) is 3.57. The number of ether oxygens (including phenoxy) is 1. The smallest absolute Gasteiger partial charge is 0.297 e. The van der Waals surface area contributed by atoms with Crippen LogP contribution in [0.2, 0.25) is 0 Å². The molecule has 0 aromatic heterocycles. The molecule has 0 unspecified atom stereocenters. The largest absolute Gasteiger partial charge is 0.496 e. The number of hydrogen-bond acceptors (Lipinski definition) is 7. The van der Waals surface area contributed by atoms with Crippen molar-refractivity contribution in [1.29, 1.82) is 0 Å². The van der Waals surface area contributed by atoms with Crippen molar-refractivity contribution in [3.8, 4) is 5.75 Å². The maximum absolute atomic E-state index is 12.3. The molecule has 0 saturated heterocycles. The van der Waals surface area contributed by atoms with Crippen LogP contribution >= 0.6 is 0 Å². The van der Waals surface area contributed by atoms with E-state index in [1.165, 1.54) is 24.1 Å². The van der Waals surface area contributed by atoms with E-state index in [0.717, 1.165) is 0 Å². The van der Waals surface area contributed by atoms with Crippen LogP contribution in [0.1, 0.15) is 33.6 Å². The Morgan fingerprint density at radius 3 is 2.46 bits per heavy atom. The van der Waals surface area contributed by atoms with Gasteiger partial charge in [-0.15, -0.1) is 0 Å². The van der Waals surface area contributed by atoms with Gasteiger partial charge in [0, 0.05) is 12.8 Å². The van der Waals surface area contributed by atoms with Gasteiger partial charge in [0.2, 0.25) is 0 Å². The van der Waals surface area contributed by atoms with Gasteiger partial charge < -0.3 is 4.74 Å². The van der Waals surface area contributed by atoms with Crippen molar-refractivity contribution in [3.63, 3.8) is 0 Å². The number of hydrazone groups is 1. The lowest BCUT2D eigenvalue weighted by atomic mass is 10.1. The first kappa shape index (κ1) is 19.0. The van der Waals surface area contributed by atoms with E-state index in [0.29, 0.717) is 29.7 Å². The summed E-state index contributed by atoms with van der Waals surface area (Å²) in [6, 6.07) is 11.1. The zero-order valence-electron chi connectivity index (χ0n) is 15.1. The molecule has 0 atom stereocenters. The van der Waals surface area contributed by atoms with Crippen molar-refractivity contribution in [2.75, 3.05) is 19.1 Å². The molecule has 9 nitrogen and oxygen atoms in total. The number of nitro groups is 1. The van der Waals surface area contributed by atoms with Gasteiger partial charge in [0.1, 0.15) is 11.4 Å². The van der Waals surface area contributed by atoms with Gasteiger partial charge in [-0.1, -0.05) is 12.1 Å². The third kappa shape index (κ3) is 3.83. The first-order valence-electron chi connectivity index (χ1n) is 8.58. The number of rotatable bonds is 8. The zero-order valence-corrected chi connectivity index (χ0v) is 15.1. The van der Waals surface area contributed by atoms with E-state index in [4.69, 9.17) is 4.74 Å². The average molecular weight is 382 g/mol. The zero-order chi connectivity index (χ0) is 20.1. The molecule has 1 aliphatic rings. The summed E-state index contributed by atoms with van der Waals surface area (Å²) in [5, 5.41) is 15.1. The van der Waals surface area contributed by atoms with Crippen molar-refractivity contribution in [1.82, 2.24) is 4.90 Å². The van der Waals surface area contributed by atoms with E-state index in [1.54, 1.807) is 36.5 Å². The highest BCUT2D eigenvalue weighted by atomic mass is 16.6. The Labute approximate surface area is 160 Å². The van der Waals surface area contributed by atoms with E-state index in [9.17, 15) is 19.7 Å². The molecule has 0 fully saturated rings. The lowest BCUT2D eigenvalue weighted by Gasteiger charge is -2.12. The summed E-state index contributed by atoms with van der Waals surface area (Å²) in [6.07, 6.45) is 2.57. The highest BCUT2D eigenvalue weighted by molar-refractivity contribution is 6.21. The summed E-state index contributed by atoms with van der Waals surface area (Å²) >= 11 is 0. The molecule has 9 heteroatoms. The number of hydrogen-bond donors (Lipinski definition) is 1. The highest BCUT2D eigenvalue weighted by Crippen LogP contribution is 2.28. The number of carbonyl (C=O) groups excluding carboxylic acids is 2. The molecule has 2 aromatic rings. The van der Waals surface area contributed by atoms with Gasteiger partial charge >= 0.3 is 0 Å². The Morgan fingerprint density at radius 1 is 1.18 bits per heavy atom. The molecule has 28 heavy (non-hydrogen) atoms. The van der Waals surface area contributed by atoms with Gasteiger partial charge in [0.25, 0.3) is 17.5 Å². The maximum atomic E-state index is 12.3. The van der Waals surface area contributed by atoms with Crippen LogP contribution in [0.3, 0.4) is 0 Å². The van der Waals surface area contributed by atoms with Gasteiger partial charge in [-0.25, -0.2) is 0 Å². The number of amides is 2. The Morgan fingerprint density at radius 2 is 1.86 bits per heavy atom. The fraction of sp³-hybridized carbons (Fsp3) is 0.211. The predicted molar refractivity (Wildman–Crippen MR) is 103 cm³/mol. The quantitative estimate of drug-likeness (QED) is 0.247. The molecule has 1 heterocycles. The van der Waals surface area contributed by atoms with E-state index in [-0.39, 0.29) is 29.7 Å². The van der Waals surface area contributed by atoms with E-state index >= 15 is 0 Å². The Balaban J connectivity index is 1.52. The molecule has 0 saturated carbocycles. The number of unbranched alkanes of at least 4 members (excludes halogenated alkanes) is 1. The molecule has 1 aliphatic heterocycles. The molecular formula is C19H18N4O5. The first-order valence-corrected chi connectivity index (χ1v) is 8.58. The Hall–Kier alpha value is -3.75. The summed E-state index contributed by atoms with van der Waals surface area (Å²) < 4.78 is 4.98. The van der Waals surface area contributed by atoms with Gasteiger partial charge in [0.15, 0.2) is 0 Å². The topological polar surface area (TPSA) is 114 Å². The lowest BCUT2D eigenvalue weighted by Crippen LogP contribution is -2.30. The van der Waals surface area contributed by atoms with Crippen molar-refractivity contribution in [2.45, 2.75) is 12.8 Å². The van der Waals surface area contributed by atoms with Crippen LogP contribution in [0.5, 0.6) is 5.75 Å². The van der Waals surface area contributed by atoms with Crippen molar-refractivity contribution in [2.24, 2.45) is 5.10 Å². The highest BCUT2D eigenvalue weighted by Gasteiger charge is 2.34. The van der Waals surface area contributed by atoms with Gasteiger partial charge in [0.05, 0.1) is 29.2 Å². The number of nitrogens with zero attached hydrogens (tertiary/aromatic N) is 3. The summed E-state index contributed by atoms with van der Waals surface area (Å²) in [7, 11) is 1.43. The van der Waals surface area contributed by atoms with Crippen LogP contribution in [-0.4, -0.2) is 41.5 Å². The molecule has 144 valence electrons. The fourth-order valence-electron chi connectivity index (χ4n) is 2.85. The second-order valence-corrected chi connectivity index (χ2v) is 6.01. The first-order chi connectivity index (χ1) is 13.5. The summed E-state index contributed by atoms with van der Waals surface area (Å²) in [6.45, 7) is 0.279. The predicted octanol–water partition coefficient (Wildman–Crippen LogP) is 3.08. The average Bonchev–Trinajstić information content (AvgIpc) is 2.95. The SMILES string of the molecule is COc1ccc(N/N=C/CCCN2C(=O)c3ccccc3C2=O)c([N+](=O)[O-])c1. The number of benzene rings is 2. The molecular weight excluding hydrogens is 364 g/mol. The number of imide groups is 1. The number of nitrogens with one attached hydrogen (secondary N) is 1. The van der Waals surface area contributed by atoms with Crippen LogP contribution in [-0.2, 0) is 0 Å². The van der Waals surface area contributed by atoms with Crippen LogP contribution in [0.25, 0.3) is 0 Å². The minimum absolute atomic E-state index is 0.150. The van der Waals surface area contributed by atoms with Crippen LogP contribution in [0, 0.1) is 10.1 Å². The molecule has 2 amide bonds. The number of anilines is 1. The number of nitro benzene ring substituents is 1. The van der Waals surface area contributed by atoms with Crippen LogP contribution < -0.4 is 10.2 Å². The summed E-state index contributed by atoms with van der Waals surface area (Å²) in [4.78, 5) is 36.3. The monoisotopic (exact) mass is 382 g/mol. The third-order valence-corrected chi connectivity index (χ3v) is 4.27. The lowest BCUT2D eigenvalue weighted by molar-refractivity contribution is -0.384. The number of methoxy groups -OCH3 is 1. The van der Waals surface area contributed by atoms with Crippen molar-refractivity contribution in [3.05, 3.63) is 63.7 Å². The molecule has 0 aliphatic carbocycles. The fourth-order valence-corrected chi connectivity index (χ4v) is 2.85. The van der Waals surface area contributed by atoms with Crippen molar-refractivity contribution >= 4 is 29.4 Å². The van der Waals surface area contributed by atoms with Crippen LogP contribution in [0.4, 0.5) is 11.4 Å². The molecule has 0 radical (unpaired) electrons. The minimum Gasteiger partial charge on any atom is -0.496 e. The molecule has 0 bridgehead atoms. The van der Waals surface area contributed by atoms with Crippen molar-refractivity contribution < 1.29 is 19.2 Å². The number of carbonyl (C=O) groups is 2. The molecule has 0 spiro atoms. The van der Waals surface area contributed by atoms with Crippen LogP contribution in [0.15, 0.2) is 47.6 Å². The summed E-state index contributed by atoms with van der Waals surface area (Å²) in [5.74, 6) is -0.198.